The molecule has 0 amide bonds. The van der Waals surface area contributed by atoms with Crippen molar-refractivity contribution in [1.29, 1.82) is 0 Å². The third-order valence-electron chi connectivity index (χ3n) is 3.02. The first-order valence-electron chi connectivity index (χ1n) is 5.77. The smallest absolute Gasteiger partial charge is 0.0779 e. The molecular weight excluding hydrogens is 266 g/mol. The molecule has 16 heavy (non-hydrogen) atoms. The Morgan fingerprint density at radius 2 is 2.38 bits per heavy atom. The van der Waals surface area contributed by atoms with E-state index in [2.05, 4.69) is 46.4 Å². The third-order valence-corrected chi connectivity index (χ3v) is 3.51. The predicted molar refractivity (Wildman–Crippen MR) is 69.4 cm³/mol. The minimum atomic E-state index is 0.0476. The maximum Gasteiger partial charge on any atom is 0.0779 e. The molecular formula is C13H18BrNO. The lowest BCUT2D eigenvalue weighted by Crippen LogP contribution is -2.36. The van der Waals surface area contributed by atoms with Crippen LogP contribution in [0.25, 0.3) is 0 Å². The summed E-state index contributed by atoms with van der Waals surface area (Å²) in [4.78, 5) is 0. The van der Waals surface area contributed by atoms with E-state index in [-0.39, 0.29) is 5.60 Å². The van der Waals surface area contributed by atoms with Crippen molar-refractivity contribution in [2.45, 2.75) is 31.9 Å². The molecule has 0 saturated carbocycles. The average Bonchev–Trinajstić information content (AvgIpc) is 2.65. The lowest BCUT2D eigenvalue weighted by atomic mass is 10.0. The van der Waals surface area contributed by atoms with Gasteiger partial charge in [0.2, 0.25) is 0 Å². The zero-order valence-corrected chi connectivity index (χ0v) is 11.2. The van der Waals surface area contributed by atoms with Gasteiger partial charge in [0.25, 0.3) is 0 Å². The van der Waals surface area contributed by atoms with Crippen LogP contribution in [-0.2, 0) is 11.3 Å². The van der Waals surface area contributed by atoms with E-state index >= 15 is 0 Å². The highest BCUT2D eigenvalue weighted by Crippen LogP contribution is 2.24. The minimum Gasteiger partial charge on any atom is -0.374 e. The summed E-state index contributed by atoms with van der Waals surface area (Å²) in [7, 11) is 0. The fraction of sp³-hybridized carbons (Fsp3) is 0.538. The molecule has 2 nitrogen and oxygen atoms in total. The first-order valence-corrected chi connectivity index (χ1v) is 6.56. The van der Waals surface area contributed by atoms with Crippen molar-refractivity contribution in [3.05, 3.63) is 34.3 Å². The fourth-order valence-electron chi connectivity index (χ4n) is 2.09. The predicted octanol–water partition coefficient (Wildman–Crippen LogP) is 3.11. The zero-order chi connectivity index (χ0) is 11.4. The molecule has 1 fully saturated rings. The molecule has 1 aliphatic heterocycles. The van der Waals surface area contributed by atoms with Gasteiger partial charge in [0.1, 0.15) is 0 Å². The Hall–Kier alpha value is -0.380. The summed E-state index contributed by atoms with van der Waals surface area (Å²) < 4.78 is 6.86. The monoisotopic (exact) mass is 283 g/mol. The van der Waals surface area contributed by atoms with Crippen LogP contribution in [0.4, 0.5) is 0 Å². The second kappa shape index (κ2) is 5.30. The van der Waals surface area contributed by atoms with Crippen LogP contribution >= 0.6 is 15.9 Å². The van der Waals surface area contributed by atoms with Crippen molar-refractivity contribution in [3.8, 4) is 0 Å². The number of hydrogen-bond donors (Lipinski definition) is 1. The quantitative estimate of drug-likeness (QED) is 0.917. The highest BCUT2D eigenvalue weighted by Gasteiger charge is 2.28. The Bertz CT molecular complexity index is 348. The van der Waals surface area contributed by atoms with Gasteiger partial charge < -0.3 is 10.1 Å². The van der Waals surface area contributed by atoms with Crippen molar-refractivity contribution >= 4 is 15.9 Å². The standard InChI is InChI=1S/C13H18BrNO/c1-13(6-3-7-16-13)10-15-9-11-4-2-5-12(14)8-11/h2,4-5,8,15H,3,6-7,9-10H2,1H3. The van der Waals surface area contributed by atoms with E-state index in [4.69, 9.17) is 4.74 Å². The van der Waals surface area contributed by atoms with Crippen LogP contribution in [-0.4, -0.2) is 18.8 Å². The molecule has 1 heterocycles. The van der Waals surface area contributed by atoms with E-state index in [1.165, 1.54) is 18.4 Å². The van der Waals surface area contributed by atoms with Gasteiger partial charge >= 0.3 is 0 Å². The van der Waals surface area contributed by atoms with Gasteiger partial charge in [-0.2, -0.15) is 0 Å². The molecule has 1 N–H and O–H groups in total. The number of hydrogen-bond acceptors (Lipinski definition) is 2. The van der Waals surface area contributed by atoms with Crippen LogP contribution in [0.5, 0.6) is 0 Å². The fourth-order valence-corrected chi connectivity index (χ4v) is 2.54. The minimum absolute atomic E-state index is 0.0476. The Balaban J connectivity index is 1.79. The molecule has 0 bridgehead atoms. The summed E-state index contributed by atoms with van der Waals surface area (Å²) in [6.45, 7) is 4.93. The van der Waals surface area contributed by atoms with Gasteiger partial charge in [-0.25, -0.2) is 0 Å². The lowest BCUT2D eigenvalue weighted by molar-refractivity contribution is 0.0207. The van der Waals surface area contributed by atoms with Gasteiger partial charge in [-0.3, -0.25) is 0 Å². The molecule has 1 atom stereocenters. The zero-order valence-electron chi connectivity index (χ0n) is 9.63. The summed E-state index contributed by atoms with van der Waals surface area (Å²) in [5, 5.41) is 3.47. The molecule has 0 spiro atoms. The first kappa shape index (κ1) is 12.1. The summed E-state index contributed by atoms with van der Waals surface area (Å²) in [5.74, 6) is 0. The molecule has 88 valence electrons. The second-order valence-electron chi connectivity index (χ2n) is 4.64. The van der Waals surface area contributed by atoms with Crippen molar-refractivity contribution in [3.63, 3.8) is 0 Å². The van der Waals surface area contributed by atoms with Gasteiger partial charge in [0.15, 0.2) is 0 Å². The summed E-state index contributed by atoms with van der Waals surface area (Å²) in [6, 6.07) is 8.39. The normalized spacial score (nSPS) is 24.9. The van der Waals surface area contributed by atoms with E-state index in [9.17, 15) is 0 Å². The Kier molecular flexibility index (Phi) is 4.00. The summed E-state index contributed by atoms with van der Waals surface area (Å²) >= 11 is 3.48. The van der Waals surface area contributed by atoms with E-state index in [0.717, 1.165) is 24.2 Å². The van der Waals surface area contributed by atoms with Crippen molar-refractivity contribution in [2.75, 3.05) is 13.2 Å². The second-order valence-corrected chi connectivity index (χ2v) is 5.55. The van der Waals surface area contributed by atoms with E-state index in [0.29, 0.717) is 0 Å². The highest BCUT2D eigenvalue weighted by molar-refractivity contribution is 9.10. The Labute approximate surface area is 106 Å². The van der Waals surface area contributed by atoms with E-state index in [1.54, 1.807) is 0 Å². The van der Waals surface area contributed by atoms with Gasteiger partial charge in [-0.1, -0.05) is 28.1 Å². The molecule has 1 unspecified atom stereocenters. The molecule has 1 aliphatic rings. The van der Waals surface area contributed by atoms with Crippen molar-refractivity contribution < 1.29 is 4.74 Å². The average molecular weight is 284 g/mol. The Morgan fingerprint density at radius 3 is 3.06 bits per heavy atom. The van der Waals surface area contributed by atoms with Crippen LogP contribution in [0.1, 0.15) is 25.3 Å². The molecule has 0 aromatic heterocycles. The van der Waals surface area contributed by atoms with Gasteiger partial charge in [-0.05, 0) is 37.5 Å². The van der Waals surface area contributed by atoms with Gasteiger partial charge in [-0.15, -0.1) is 0 Å². The van der Waals surface area contributed by atoms with E-state index in [1.807, 2.05) is 6.07 Å². The first-order chi connectivity index (χ1) is 7.68. The van der Waals surface area contributed by atoms with Crippen molar-refractivity contribution in [1.82, 2.24) is 5.32 Å². The third kappa shape index (κ3) is 3.30. The van der Waals surface area contributed by atoms with Crippen LogP contribution in [0.15, 0.2) is 28.7 Å². The number of ether oxygens (including phenoxy) is 1. The SMILES string of the molecule is CC1(CNCc2cccc(Br)c2)CCCO1. The molecule has 2 rings (SSSR count). The van der Waals surface area contributed by atoms with E-state index < -0.39 is 0 Å². The van der Waals surface area contributed by atoms with Gasteiger partial charge in [0.05, 0.1) is 5.60 Å². The highest BCUT2D eigenvalue weighted by atomic mass is 79.9. The summed E-state index contributed by atoms with van der Waals surface area (Å²) in [5.41, 5.74) is 1.35. The topological polar surface area (TPSA) is 21.3 Å². The maximum atomic E-state index is 5.73. The van der Waals surface area contributed by atoms with Crippen LogP contribution in [0, 0.1) is 0 Å². The largest absolute Gasteiger partial charge is 0.374 e. The number of halogens is 1. The van der Waals surface area contributed by atoms with Crippen molar-refractivity contribution in [2.24, 2.45) is 0 Å². The number of benzene rings is 1. The number of rotatable bonds is 4. The molecule has 1 aromatic carbocycles. The number of nitrogens with one attached hydrogen (secondary N) is 1. The summed E-state index contributed by atoms with van der Waals surface area (Å²) in [6.07, 6.45) is 2.35. The van der Waals surface area contributed by atoms with Crippen LogP contribution in [0.2, 0.25) is 0 Å². The maximum absolute atomic E-state index is 5.73. The molecule has 1 aromatic rings. The lowest BCUT2D eigenvalue weighted by Gasteiger charge is -2.23. The van der Waals surface area contributed by atoms with Crippen LogP contribution in [0.3, 0.4) is 0 Å². The van der Waals surface area contributed by atoms with Crippen LogP contribution < -0.4 is 5.32 Å². The molecule has 1 saturated heterocycles. The molecule has 3 heteroatoms. The molecule has 0 radical (unpaired) electrons. The van der Waals surface area contributed by atoms with Gasteiger partial charge in [0, 0.05) is 24.2 Å². The molecule has 0 aliphatic carbocycles. The Morgan fingerprint density at radius 1 is 1.50 bits per heavy atom.